The number of anilines is 1. The van der Waals surface area contributed by atoms with Crippen molar-refractivity contribution in [3.8, 4) is 5.75 Å². The summed E-state index contributed by atoms with van der Waals surface area (Å²) in [7, 11) is 0. The maximum Gasteiger partial charge on any atom is 0.273 e. The fourth-order valence-electron chi connectivity index (χ4n) is 1.81. The van der Waals surface area contributed by atoms with E-state index in [1.165, 1.54) is 12.1 Å². The number of non-ortho nitro benzene ring substituents is 1. The van der Waals surface area contributed by atoms with Crippen molar-refractivity contribution in [2.24, 2.45) is 0 Å². The van der Waals surface area contributed by atoms with E-state index in [4.69, 9.17) is 0 Å². The molecule has 0 spiro atoms. The lowest BCUT2D eigenvalue weighted by Gasteiger charge is -2.08. The summed E-state index contributed by atoms with van der Waals surface area (Å²) in [6.07, 6.45) is 1.89. The number of aromatic nitrogens is 2. The molecule has 0 radical (unpaired) electrons. The van der Waals surface area contributed by atoms with E-state index < -0.39 is 4.92 Å². The summed E-state index contributed by atoms with van der Waals surface area (Å²) in [5, 5.41) is 26.9. The number of benzene rings is 1. The van der Waals surface area contributed by atoms with Gasteiger partial charge in [0, 0.05) is 18.2 Å². The van der Waals surface area contributed by atoms with Gasteiger partial charge in [-0.1, -0.05) is 0 Å². The topological polar surface area (TPSA) is 110 Å². The number of nitro groups is 1. The minimum absolute atomic E-state index is 0.141. The average Bonchev–Trinajstić information content (AvgIpc) is 2.78. The van der Waals surface area contributed by atoms with Crippen molar-refractivity contribution in [2.75, 3.05) is 5.32 Å². The quantitative estimate of drug-likeness (QED) is 0.337. The number of rotatable bonds is 5. The van der Waals surface area contributed by atoms with Crippen LogP contribution in [0.1, 0.15) is 12.1 Å². The van der Waals surface area contributed by atoms with Crippen LogP contribution in [0.3, 0.4) is 0 Å². The number of phenolic OH excluding ortho intramolecular Hbond substituents is 1. The van der Waals surface area contributed by atoms with Gasteiger partial charge in [0.15, 0.2) is 0 Å². The molecule has 1 aromatic heterocycles. The van der Waals surface area contributed by atoms with Crippen LogP contribution in [0, 0.1) is 20.6 Å². The van der Waals surface area contributed by atoms with E-state index >= 15 is 0 Å². The molecule has 0 atom stereocenters. The molecule has 1 heterocycles. The molecule has 0 bridgehead atoms. The molecular weight excluding hydrogens is 403 g/mol. The Bertz CT molecular complexity index is 729. The molecule has 0 saturated heterocycles. The second kappa shape index (κ2) is 6.73. The van der Waals surface area contributed by atoms with Gasteiger partial charge in [0.1, 0.15) is 5.75 Å². The van der Waals surface area contributed by atoms with Gasteiger partial charge in [0.05, 0.1) is 33.0 Å². The lowest BCUT2D eigenvalue weighted by Crippen LogP contribution is -2.15. The Morgan fingerprint density at radius 1 is 1.55 bits per heavy atom. The molecule has 2 N–H and O–H groups in total. The van der Waals surface area contributed by atoms with Crippen LogP contribution < -0.4 is 5.32 Å². The molecule has 116 valence electrons. The third-order valence-corrected chi connectivity index (χ3v) is 4.12. The van der Waals surface area contributed by atoms with Gasteiger partial charge in [-0.15, -0.1) is 0 Å². The highest BCUT2D eigenvalue weighted by Crippen LogP contribution is 2.27. The summed E-state index contributed by atoms with van der Waals surface area (Å²) >= 11 is 2.16. The minimum atomic E-state index is -0.618. The molecule has 9 heteroatoms. The van der Waals surface area contributed by atoms with Crippen molar-refractivity contribution in [3.05, 3.63) is 43.8 Å². The second-order valence-corrected chi connectivity index (χ2v) is 5.72. The predicted molar refractivity (Wildman–Crippen MR) is 87.7 cm³/mol. The lowest BCUT2D eigenvalue weighted by atomic mass is 10.2. The molecule has 2 aromatic rings. The normalized spacial score (nSPS) is 10.5. The van der Waals surface area contributed by atoms with Crippen molar-refractivity contribution in [3.63, 3.8) is 0 Å². The SMILES string of the molecule is Cc1c(I)cnn1CCC(=O)Nc1ccc([N+](=O)[O-])cc1O. The van der Waals surface area contributed by atoms with Crippen LogP contribution in [-0.4, -0.2) is 25.7 Å². The Hall–Kier alpha value is -2.17. The van der Waals surface area contributed by atoms with E-state index in [0.29, 0.717) is 6.54 Å². The second-order valence-electron chi connectivity index (χ2n) is 4.56. The molecule has 0 aliphatic heterocycles. The number of aryl methyl sites for hydroxylation is 1. The maximum absolute atomic E-state index is 11.9. The van der Waals surface area contributed by atoms with E-state index in [9.17, 15) is 20.0 Å². The standard InChI is InChI=1S/C13H13IN4O4/c1-8-10(14)7-15-17(8)5-4-13(20)16-11-3-2-9(18(21)22)6-12(11)19/h2-3,6-7,19H,4-5H2,1H3,(H,16,20). The summed E-state index contributed by atoms with van der Waals surface area (Å²) in [6, 6.07) is 3.51. The van der Waals surface area contributed by atoms with Crippen molar-refractivity contribution in [2.45, 2.75) is 19.9 Å². The lowest BCUT2D eigenvalue weighted by molar-refractivity contribution is -0.384. The van der Waals surface area contributed by atoms with Crippen molar-refractivity contribution >= 4 is 39.9 Å². The maximum atomic E-state index is 11.9. The largest absolute Gasteiger partial charge is 0.506 e. The molecule has 0 aliphatic rings. The summed E-state index contributed by atoms with van der Waals surface area (Å²) in [6.45, 7) is 2.32. The Kier molecular flexibility index (Phi) is 4.96. The number of hydrogen-bond donors (Lipinski definition) is 2. The summed E-state index contributed by atoms with van der Waals surface area (Å²) in [5.74, 6) is -0.651. The third-order valence-electron chi connectivity index (χ3n) is 3.06. The number of carbonyl (C=O) groups is 1. The van der Waals surface area contributed by atoms with Crippen LogP contribution in [0.4, 0.5) is 11.4 Å². The number of nitro benzene ring substituents is 1. The number of nitrogens with zero attached hydrogens (tertiary/aromatic N) is 3. The zero-order valence-electron chi connectivity index (χ0n) is 11.6. The predicted octanol–water partition coefficient (Wildman–Crippen LogP) is 2.44. The number of carbonyl (C=O) groups excluding carboxylic acids is 1. The van der Waals surface area contributed by atoms with Gasteiger partial charge in [0.25, 0.3) is 5.69 Å². The number of amides is 1. The first-order valence-corrected chi connectivity index (χ1v) is 7.41. The molecule has 0 saturated carbocycles. The number of halogens is 1. The first kappa shape index (κ1) is 16.2. The smallest absolute Gasteiger partial charge is 0.273 e. The average molecular weight is 416 g/mol. The van der Waals surface area contributed by atoms with Crippen LogP contribution in [0.2, 0.25) is 0 Å². The summed E-state index contributed by atoms with van der Waals surface area (Å²) in [5.41, 5.74) is 0.881. The van der Waals surface area contributed by atoms with Crippen LogP contribution in [0.25, 0.3) is 0 Å². The first-order valence-electron chi connectivity index (χ1n) is 6.33. The van der Waals surface area contributed by atoms with Crippen molar-refractivity contribution in [1.29, 1.82) is 0 Å². The molecule has 8 nitrogen and oxygen atoms in total. The van der Waals surface area contributed by atoms with Gasteiger partial charge in [-0.3, -0.25) is 19.6 Å². The van der Waals surface area contributed by atoms with E-state index in [1.54, 1.807) is 10.9 Å². The molecule has 1 amide bonds. The Labute approximate surface area is 139 Å². The molecule has 2 rings (SSSR count). The minimum Gasteiger partial charge on any atom is -0.506 e. The van der Waals surface area contributed by atoms with Gasteiger partial charge >= 0.3 is 0 Å². The van der Waals surface area contributed by atoms with Gasteiger partial charge in [-0.2, -0.15) is 5.10 Å². The molecule has 0 aliphatic carbocycles. The van der Waals surface area contributed by atoms with E-state index in [-0.39, 0.29) is 29.5 Å². The highest BCUT2D eigenvalue weighted by atomic mass is 127. The highest BCUT2D eigenvalue weighted by Gasteiger charge is 2.12. The van der Waals surface area contributed by atoms with Gasteiger partial charge < -0.3 is 10.4 Å². The Morgan fingerprint density at radius 3 is 2.82 bits per heavy atom. The van der Waals surface area contributed by atoms with E-state index in [2.05, 4.69) is 33.0 Å². The molecule has 1 aromatic carbocycles. The fourth-order valence-corrected chi connectivity index (χ4v) is 2.21. The molecule has 22 heavy (non-hydrogen) atoms. The molecular formula is C13H13IN4O4. The Morgan fingerprint density at radius 2 is 2.27 bits per heavy atom. The zero-order valence-corrected chi connectivity index (χ0v) is 13.8. The van der Waals surface area contributed by atoms with E-state index in [0.717, 1.165) is 15.3 Å². The zero-order chi connectivity index (χ0) is 16.3. The number of aromatic hydroxyl groups is 1. The highest BCUT2D eigenvalue weighted by molar-refractivity contribution is 14.1. The molecule has 0 unspecified atom stereocenters. The van der Waals surface area contributed by atoms with Crippen molar-refractivity contribution in [1.82, 2.24) is 9.78 Å². The first-order chi connectivity index (χ1) is 10.4. The fraction of sp³-hybridized carbons (Fsp3) is 0.231. The molecule has 0 fully saturated rings. The van der Waals surface area contributed by atoms with Crippen molar-refractivity contribution < 1.29 is 14.8 Å². The van der Waals surface area contributed by atoms with Crippen LogP contribution in [0.15, 0.2) is 24.4 Å². The number of nitrogens with one attached hydrogen (secondary N) is 1. The monoisotopic (exact) mass is 416 g/mol. The van der Waals surface area contributed by atoms with Gasteiger partial charge in [-0.25, -0.2) is 0 Å². The Balaban J connectivity index is 1.97. The van der Waals surface area contributed by atoms with Crippen LogP contribution in [0.5, 0.6) is 5.75 Å². The van der Waals surface area contributed by atoms with Crippen LogP contribution in [-0.2, 0) is 11.3 Å². The van der Waals surface area contributed by atoms with E-state index in [1.807, 2.05) is 6.92 Å². The van der Waals surface area contributed by atoms with Gasteiger partial charge in [0.2, 0.25) is 5.91 Å². The number of hydrogen-bond acceptors (Lipinski definition) is 5. The summed E-state index contributed by atoms with van der Waals surface area (Å²) < 4.78 is 2.74. The summed E-state index contributed by atoms with van der Waals surface area (Å²) in [4.78, 5) is 21.8. The van der Waals surface area contributed by atoms with Crippen LogP contribution >= 0.6 is 22.6 Å². The number of phenols is 1. The third kappa shape index (κ3) is 3.72. The van der Waals surface area contributed by atoms with Gasteiger partial charge in [-0.05, 0) is 35.6 Å².